The summed E-state index contributed by atoms with van der Waals surface area (Å²) in [5.74, 6) is 1.96. The van der Waals surface area contributed by atoms with Crippen molar-refractivity contribution < 1.29 is 23.8 Å². The van der Waals surface area contributed by atoms with E-state index in [1.807, 2.05) is 17.9 Å². The highest BCUT2D eigenvalue weighted by Gasteiger charge is 2.37. The third-order valence-electron chi connectivity index (χ3n) is 5.80. The van der Waals surface area contributed by atoms with Gasteiger partial charge >= 0.3 is 0 Å². The van der Waals surface area contributed by atoms with Gasteiger partial charge in [0.05, 0.1) is 46.1 Å². The summed E-state index contributed by atoms with van der Waals surface area (Å²) >= 11 is 0. The lowest BCUT2D eigenvalue weighted by atomic mass is 9.74. The molecule has 1 aromatic carbocycles. The number of ketones is 1. The molecule has 1 aliphatic rings. The summed E-state index contributed by atoms with van der Waals surface area (Å²) in [6, 6.07) is 10.6. The molecule has 0 spiro atoms. The molecule has 6 heteroatoms. The number of carbonyl (C=O) groups excluding carboxylic acids is 2. The summed E-state index contributed by atoms with van der Waals surface area (Å²) in [5.41, 5.74) is 1.37. The predicted octanol–water partition coefficient (Wildman–Crippen LogP) is 3.69. The normalized spacial score (nSPS) is 15.2. The summed E-state index contributed by atoms with van der Waals surface area (Å²) in [6.45, 7) is 10.8. The third-order valence-corrected chi connectivity index (χ3v) is 5.80. The van der Waals surface area contributed by atoms with Crippen LogP contribution in [0.5, 0.6) is 0 Å². The van der Waals surface area contributed by atoms with Crippen LogP contribution in [0.1, 0.15) is 51.5 Å². The maximum Gasteiger partial charge on any atom is 0.224 e. The monoisotopic (exact) mass is 433 g/mol. The Kier molecular flexibility index (Phi) is 11.8. The van der Waals surface area contributed by atoms with E-state index < -0.39 is 0 Å². The van der Waals surface area contributed by atoms with E-state index in [0.717, 1.165) is 13.1 Å². The van der Waals surface area contributed by atoms with Crippen molar-refractivity contribution in [3.05, 3.63) is 35.9 Å². The van der Waals surface area contributed by atoms with Crippen LogP contribution >= 0.6 is 0 Å². The minimum Gasteiger partial charge on any atom is -0.379 e. The second kappa shape index (κ2) is 14.3. The molecule has 0 saturated carbocycles. The van der Waals surface area contributed by atoms with Gasteiger partial charge in [-0.2, -0.15) is 0 Å². The first-order valence-electron chi connectivity index (χ1n) is 11.6. The Morgan fingerprint density at radius 1 is 0.903 bits per heavy atom. The molecule has 0 N–H and O–H groups in total. The topological polar surface area (TPSA) is 65.1 Å². The number of benzene rings is 1. The quantitative estimate of drug-likeness (QED) is 0.372. The van der Waals surface area contributed by atoms with Crippen molar-refractivity contribution in [1.82, 2.24) is 4.90 Å². The van der Waals surface area contributed by atoms with E-state index in [-0.39, 0.29) is 11.7 Å². The first kappa shape index (κ1) is 25.5. The van der Waals surface area contributed by atoms with Crippen molar-refractivity contribution in [3.63, 3.8) is 0 Å². The van der Waals surface area contributed by atoms with Crippen LogP contribution in [0.2, 0.25) is 0 Å². The number of likely N-dealkylation sites (tertiary alicyclic amines) is 1. The minimum absolute atomic E-state index is 0.169. The minimum atomic E-state index is 0.169. The number of ether oxygens (including phenoxy) is 3. The molecule has 0 aliphatic carbocycles. The van der Waals surface area contributed by atoms with Crippen molar-refractivity contribution in [3.8, 4) is 0 Å². The fraction of sp³-hybridized carbons (Fsp3) is 0.680. The van der Waals surface area contributed by atoms with Crippen LogP contribution in [0, 0.1) is 11.8 Å². The molecule has 1 unspecified atom stereocenters. The average molecular weight is 434 g/mol. The van der Waals surface area contributed by atoms with E-state index >= 15 is 0 Å². The van der Waals surface area contributed by atoms with Gasteiger partial charge in [-0.15, -0.1) is 0 Å². The van der Waals surface area contributed by atoms with Gasteiger partial charge in [0.1, 0.15) is 5.78 Å². The third kappa shape index (κ3) is 9.09. The zero-order valence-corrected chi connectivity index (χ0v) is 19.4. The van der Waals surface area contributed by atoms with E-state index in [4.69, 9.17) is 14.2 Å². The van der Waals surface area contributed by atoms with Gasteiger partial charge in [0.25, 0.3) is 0 Å². The van der Waals surface area contributed by atoms with Gasteiger partial charge in [-0.1, -0.05) is 51.1 Å². The number of Topliss-reactive ketones (excluding diaryl/α,β-unsaturated/α-hetero) is 1. The Labute approximate surface area is 187 Å². The zero-order valence-electron chi connectivity index (χ0n) is 19.4. The maximum absolute atomic E-state index is 12.4. The van der Waals surface area contributed by atoms with Crippen LogP contribution in [-0.2, 0) is 23.8 Å². The van der Waals surface area contributed by atoms with E-state index in [9.17, 15) is 9.59 Å². The summed E-state index contributed by atoms with van der Waals surface area (Å²) < 4.78 is 16.3. The molecule has 1 aliphatic heterocycles. The standard InChI is InChI=1S/C25H39NO5/c1-4-23(27)10-12-29-14-16-31-17-15-30-13-11-24(28)26-18-22(19-26)25(20(2)3)21-8-6-5-7-9-21/h5-9,20,22,25H,4,10-19H2,1-3H3. The lowest BCUT2D eigenvalue weighted by Crippen LogP contribution is -2.53. The summed E-state index contributed by atoms with van der Waals surface area (Å²) in [5, 5.41) is 0. The molecule has 0 bridgehead atoms. The molecule has 174 valence electrons. The fourth-order valence-corrected chi connectivity index (χ4v) is 4.04. The Morgan fingerprint density at radius 2 is 1.45 bits per heavy atom. The molecule has 31 heavy (non-hydrogen) atoms. The molecule has 1 aromatic rings. The number of nitrogens with zero attached hydrogens (tertiary/aromatic N) is 1. The van der Waals surface area contributed by atoms with Gasteiger partial charge in [-0.3, -0.25) is 9.59 Å². The van der Waals surface area contributed by atoms with E-state index in [1.165, 1.54) is 5.56 Å². The smallest absolute Gasteiger partial charge is 0.224 e. The van der Waals surface area contributed by atoms with Gasteiger partial charge in [0, 0.05) is 31.8 Å². The number of amides is 1. The van der Waals surface area contributed by atoms with Crippen LogP contribution in [0.4, 0.5) is 0 Å². The lowest BCUT2D eigenvalue weighted by molar-refractivity contribution is -0.139. The van der Waals surface area contributed by atoms with Crippen LogP contribution in [0.25, 0.3) is 0 Å². The van der Waals surface area contributed by atoms with Gasteiger partial charge in [0.15, 0.2) is 0 Å². The molecule has 1 saturated heterocycles. The first-order valence-corrected chi connectivity index (χ1v) is 11.6. The lowest BCUT2D eigenvalue weighted by Gasteiger charge is -2.45. The van der Waals surface area contributed by atoms with E-state index in [2.05, 4.69) is 38.1 Å². The average Bonchev–Trinajstić information content (AvgIpc) is 2.74. The second-order valence-corrected chi connectivity index (χ2v) is 8.47. The molecular weight excluding hydrogens is 394 g/mol. The van der Waals surface area contributed by atoms with Crippen molar-refractivity contribution in [2.45, 2.75) is 46.0 Å². The molecule has 2 rings (SSSR count). The highest BCUT2D eigenvalue weighted by Crippen LogP contribution is 2.37. The number of hydrogen-bond acceptors (Lipinski definition) is 5. The Hall–Kier alpha value is -1.76. The molecular formula is C25H39NO5. The van der Waals surface area contributed by atoms with Crippen LogP contribution in [0.3, 0.4) is 0 Å². The van der Waals surface area contributed by atoms with Crippen LogP contribution in [-0.4, -0.2) is 69.3 Å². The fourth-order valence-electron chi connectivity index (χ4n) is 4.04. The molecule has 0 aromatic heterocycles. The van der Waals surface area contributed by atoms with Crippen LogP contribution < -0.4 is 0 Å². The largest absolute Gasteiger partial charge is 0.379 e. The van der Waals surface area contributed by atoms with Crippen LogP contribution in [0.15, 0.2) is 30.3 Å². The molecule has 1 atom stereocenters. The highest BCUT2D eigenvalue weighted by molar-refractivity contribution is 5.78. The van der Waals surface area contributed by atoms with E-state index in [1.54, 1.807) is 0 Å². The van der Waals surface area contributed by atoms with Crippen molar-refractivity contribution in [2.24, 2.45) is 11.8 Å². The van der Waals surface area contributed by atoms with Gasteiger partial charge < -0.3 is 19.1 Å². The molecule has 1 amide bonds. The number of hydrogen-bond donors (Lipinski definition) is 0. The molecule has 1 heterocycles. The summed E-state index contributed by atoms with van der Waals surface area (Å²) in [7, 11) is 0. The van der Waals surface area contributed by atoms with Crippen molar-refractivity contribution >= 4 is 11.7 Å². The highest BCUT2D eigenvalue weighted by atomic mass is 16.5. The summed E-state index contributed by atoms with van der Waals surface area (Å²) in [4.78, 5) is 25.5. The first-order chi connectivity index (χ1) is 15.0. The van der Waals surface area contributed by atoms with Crippen molar-refractivity contribution in [2.75, 3.05) is 52.7 Å². The number of carbonyl (C=O) groups is 2. The maximum atomic E-state index is 12.4. The molecule has 1 fully saturated rings. The molecule has 6 nitrogen and oxygen atoms in total. The second-order valence-electron chi connectivity index (χ2n) is 8.47. The Morgan fingerprint density at radius 3 is 2.00 bits per heavy atom. The number of rotatable bonds is 16. The van der Waals surface area contributed by atoms with Crippen molar-refractivity contribution in [1.29, 1.82) is 0 Å². The zero-order chi connectivity index (χ0) is 22.5. The van der Waals surface area contributed by atoms with Gasteiger partial charge in [-0.25, -0.2) is 0 Å². The Balaban J connectivity index is 1.48. The van der Waals surface area contributed by atoms with E-state index in [0.29, 0.717) is 76.7 Å². The predicted molar refractivity (Wildman–Crippen MR) is 121 cm³/mol. The SMILES string of the molecule is CCC(=O)CCOCCOCCOCCC(=O)N1CC(C(c2ccccc2)C(C)C)C1. The molecule has 0 radical (unpaired) electrons. The van der Waals surface area contributed by atoms with Gasteiger partial charge in [0.2, 0.25) is 5.91 Å². The van der Waals surface area contributed by atoms with Gasteiger partial charge in [-0.05, 0) is 17.4 Å². The summed E-state index contributed by atoms with van der Waals surface area (Å²) in [6.07, 6.45) is 1.44. The Bertz CT molecular complexity index is 643.